The molecule has 0 spiro atoms. The van der Waals surface area contributed by atoms with Crippen molar-refractivity contribution in [2.24, 2.45) is 0 Å². The predicted octanol–water partition coefficient (Wildman–Crippen LogP) is 4.12. The lowest BCUT2D eigenvalue weighted by Gasteiger charge is -2.34. The normalized spacial score (nSPS) is 21.9. The molecule has 0 radical (unpaired) electrons. The zero-order valence-corrected chi connectivity index (χ0v) is 10.9. The number of fused-ring (bicyclic) bond motifs is 1. The Hall–Kier alpha value is -1.36. The average molecular weight is 288 g/mol. The lowest BCUT2D eigenvalue weighted by atomic mass is 9.76. The summed E-state index contributed by atoms with van der Waals surface area (Å²) in [6.07, 6.45) is -2.80. The highest BCUT2D eigenvalue weighted by Gasteiger charge is 2.52. The molecule has 0 saturated heterocycles. The van der Waals surface area contributed by atoms with Crippen LogP contribution >= 0.6 is 0 Å². The molecule has 110 valence electrons. The second kappa shape index (κ2) is 5.20. The third kappa shape index (κ3) is 2.73. The largest absolute Gasteiger partial charge is 0.420 e. The topological polar surface area (TPSA) is 20.2 Å². The maximum absolute atomic E-state index is 13.2. The minimum Gasteiger partial charge on any atom is -0.377 e. The molecule has 0 aliphatic heterocycles. The van der Waals surface area contributed by atoms with Gasteiger partial charge < -0.3 is 5.11 Å². The van der Waals surface area contributed by atoms with Crippen LogP contribution in [-0.4, -0.2) is 16.9 Å². The van der Waals surface area contributed by atoms with Crippen LogP contribution in [0.2, 0.25) is 0 Å². The van der Waals surface area contributed by atoms with Gasteiger partial charge in [0, 0.05) is 0 Å². The van der Waals surface area contributed by atoms with E-state index in [1.54, 1.807) is 0 Å². The first-order chi connectivity index (χ1) is 9.27. The molecule has 5 heteroatoms. The number of hydrogen-bond donors (Lipinski definition) is 1. The fraction of sp³-hybridized carbons (Fsp3) is 0.467. The van der Waals surface area contributed by atoms with Gasteiger partial charge >= 0.3 is 6.18 Å². The molecule has 0 bridgehead atoms. The summed E-state index contributed by atoms with van der Waals surface area (Å²) >= 11 is 0. The van der Waals surface area contributed by atoms with E-state index in [2.05, 4.69) is 6.58 Å². The molecule has 1 N–H and O–H groups in total. The van der Waals surface area contributed by atoms with E-state index in [-0.39, 0.29) is 5.82 Å². The molecule has 0 aromatic heterocycles. The molecule has 1 aromatic carbocycles. The summed E-state index contributed by atoms with van der Waals surface area (Å²) in [4.78, 5) is 0. The van der Waals surface area contributed by atoms with Crippen LogP contribution in [0.15, 0.2) is 30.9 Å². The van der Waals surface area contributed by atoms with Gasteiger partial charge in [0.05, 0.1) is 0 Å². The predicted molar refractivity (Wildman–Crippen MR) is 67.9 cm³/mol. The fourth-order valence-electron chi connectivity index (χ4n) is 2.79. The van der Waals surface area contributed by atoms with Crippen molar-refractivity contribution in [2.45, 2.75) is 43.4 Å². The molecular formula is C15H16F4O. The van der Waals surface area contributed by atoms with Crippen LogP contribution in [0, 0.1) is 5.82 Å². The number of rotatable bonds is 3. The molecule has 2 rings (SSSR count). The lowest BCUT2D eigenvalue weighted by molar-refractivity contribution is -0.243. The molecule has 2 unspecified atom stereocenters. The summed E-state index contributed by atoms with van der Waals surface area (Å²) in [5, 5.41) is 9.77. The molecule has 1 aliphatic carbocycles. The van der Waals surface area contributed by atoms with Crippen LogP contribution in [0.1, 0.15) is 36.3 Å². The fourth-order valence-corrected chi connectivity index (χ4v) is 2.79. The van der Waals surface area contributed by atoms with Crippen molar-refractivity contribution < 1.29 is 22.7 Å². The second-order valence-electron chi connectivity index (χ2n) is 5.26. The molecule has 1 aliphatic rings. The number of hydrogen-bond acceptors (Lipinski definition) is 1. The Labute approximate surface area is 114 Å². The van der Waals surface area contributed by atoms with Crippen molar-refractivity contribution in [3.8, 4) is 0 Å². The molecule has 0 amide bonds. The number of benzene rings is 1. The Morgan fingerprint density at radius 2 is 2.05 bits per heavy atom. The van der Waals surface area contributed by atoms with Gasteiger partial charge in [0.2, 0.25) is 0 Å². The molecule has 2 atom stereocenters. The van der Waals surface area contributed by atoms with Crippen LogP contribution in [-0.2, 0) is 6.42 Å². The maximum Gasteiger partial charge on any atom is 0.420 e. The van der Waals surface area contributed by atoms with E-state index >= 15 is 0 Å². The smallest absolute Gasteiger partial charge is 0.377 e. The highest BCUT2D eigenvalue weighted by atomic mass is 19.4. The van der Waals surface area contributed by atoms with E-state index in [0.29, 0.717) is 30.9 Å². The van der Waals surface area contributed by atoms with Crippen molar-refractivity contribution in [1.29, 1.82) is 0 Å². The Bertz CT molecular complexity index is 509. The highest BCUT2D eigenvalue weighted by molar-refractivity contribution is 5.34. The Balaban J connectivity index is 2.30. The van der Waals surface area contributed by atoms with Gasteiger partial charge in [-0.15, -0.1) is 0 Å². The molecule has 0 heterocycles. The average Bonchev–Trinajstić information content (AvgIpc) is 2.37. The van der Waals surface area contributed by atoms with Crippen molar-refractivity contribution in [3.63, 3.8) is 0 Å². The van der Waals surface area contributed by atoms with Crippen molar-refractivity contribution in [2.75, 3.05) is 0 Å². The van der Waals surface area contributed by atoms with E-state index in [1.807, 2.05) is 0 Å². The van der Waals surface area contributed by atoms with Gasteiger partial charge in [-0.1, -0.05) is 18.7 Å². The minimum atomic E-state index is -4.76. The second-order valence-corrected chi connectivity index (χ2v) is 5.26. The van der Waals surface area contributed by atoms with Crippen molar-refractivity contribution >= 4 is 0 Å². The van der Waals surface area contributed by atoms with Gasteiger partial charge in [0.25, 0.3) is 0 Å². The van der Waals surface area contributed by atoms with Gasteiger partial charge in [-0.25, -0.2) is 4.39 Å². The van der Waals surface area contributed by atoms with Crippen molar-refractivity contribution in [3.05, 3.63) is 47.8 Å². The zero-order chi connectivity index (χ0) is 15.0. The first kappa shape index (κ1) is 15.0. The quantitative estimate of drug-likeness (QED) is 0.655. The van der Waals surface area contributed by atoms with Crippen LogP contribution in [0.25, 0.3) is 0 Å². The first-order valence-corrected chi connectivity index (χ1v) is 6.48. The van der Waals surface area contributed by atoms with E-state index in [0.717, 1.165) is 5.56 Å². The van der Waals surface area contributed by atoms with Gasteiger partial charge in [-0.3, -0.25) is 0 Å². The van der Waals surface area contributed by atoms with Crippen LogP contribution < -0.4 is 0 Å². The molecule has 0 saturated carbocycles. The summed E-state index contributed by atoms with van der Waals surface area (Å²) in [6.45, 7) is 3.10. The minimum absolute atomic E-state index is 0.390. The Morgan fingerprint density at radius 1 is 1.35 bits per heavy atom. The van der Waals surface area contributed by atoms with Gasteiger partial charge in [-0.2, -0.15) is 13.2 Å². The number of halogens is 4. The van der Waals surface area contributed by atoms with Crippen LogP contribution in [0.5, 0.6) is 0 Å². The van der Waals surface area contributed by atoms with Gasteiger partial charge in [0.15, 0.2) is 5.60 Å². The molecule has 1 aromatic rings. The van der Waals surface area contributed by atoms with E-state index in [1.165, 1.54) is 18.2 Å². The number of aliphatic hydroxyl groups is 1. The van der Waals surface area contributed by atoms with Crippen LogP contribution in [0.4, 0.5) is 17.6 Å². The molecule has 1 nitrogen and oxygen atoms in total. The summed E-state index contributed by atoms with van der Waals surface area (Å²) < 4.78 is 51.9. The lowest BCUT2D eigenvalue weighted by Crippen LogP contribution is -2.44. The standard InChI is InChI=1S/C15H16F4O/c1-2-14(20,15(17,18)19)9-11-5-3-4-10-8-12(16)6-7-13(10)11/h2,6-8,11,20H,1,3-5,9H2. The summed E-state index contributed by atoms with van der Waals surface area (Å²) in [5.74, 6) is -0.830. The van der Waals surface area contributed by atoms with Gasteiger partial charge in [-0.05, 0) is 54.9 Å². The Morgan fingerprint density at radius 3 is 2.65 bits per heavy atom. The SMILES string of the molecule is C=CC(O)(CC1CCCc2cc(F)ccc21)C(F)(F)F. The summed E-state index contributed by atoms with van der Waals surface area (Å²) in [5.41, 5.74) is -1.47. The monoisotopic (exact) mass is 288 g/mol. The molecule has 0 fully saturated rings. The summed E-state index contributed by atoms with van der Waals surface area (Å²) in [6, 6.07) is 4.13. The number of alkyl halides is 3. The highest BCUT2D eigenvalue weighted by Crippen LogP contribution is 2.43. The number of aryl methyl sites for hydroxylation is 1. The van der Waals surface area contributed by atoms with Crippen LogP contribution in [0.3, 0.4) is 0 Å². The molecule has 20 heavy (non-hydrogen) atoms. The summed E-state index contributed by atoms with van der Waals surface area (Å²) in [7, 11) is 0. The van der Waals surface area contributed by atoms with E-state index in [9.17, 15) is 22.7 Å². The first-order valence-electron chi connectivity index (χ1n) is 6.48. The van der Waals surface area contributed by atoms with E-state index in [4.69, 9.17) is 0 Å². The third-order valence-electron chi connectivity index (χ3n) is 3.93. The maximum atomic E-state index is 13.2. The van der Waals surface area contributed by atoms with E-state index < -0.39 is 24.1 Å². The van der Waals surface area contributed by atoms with Gasteiger partial charge in [0.1, 0.15) is 5.82 Å². The van der Waals surface area contributed by atoms with Crippen molar-refractivity contribution in [1.82, 2.24) is 0 Å². The third-order valence-corrected chi connectivity index (χ3v) is 3.93. The molecular weight excluding hydrogens is 272 g/mol. The zero-order valence-electron chi connectivity index (χ0n) is 10.9. The Kier molecular flexibility index (Phi) is 3.91.